The lowest BCUT2D eigenvalue weighted by Gasteiger charge is -2.62. The minimum Gasteiger partial charge on any atom is -0.690 e. The van der Waals surface area contributed by atoms with Crippen molar-refractivity contribution < 1.29 is 0 Å². The third kappa shape index (κ3) is 25.0. The van der Waals surface area contributed by atoms with E-state index in [9.17, 15) is 0 Å². The molecule has 0 saturated carbocycles. The molecule has 0 unspecified atom stereocenters. The Morgan fingerprint density at radius 1 is 0.138 bits per heavy atom. The van der Waals surface area contributed by atoms with Crippen LogP contribution in [0.25, 0.3) is 0 Å². The zero-order valence-electron chi connectivity index (χ0n) is 50.2. The van der Waals surface area contributed by atoms with Crippen molar-refractivity contribution in [2.45, 2.75) is 0 Å². The molecule has 91 radical (unpaired) electrons. The van der Waals surface area contributed by atoms with E-state index in [0.29, 0.717) is 0 Å². The Bertz CT molecular complexity index is 1370. The Kier molecular flexibility index (Phi) is 45.6. The Labute approximate surface area is 609 Å². The average Bonchev–Trinajstić information content (AvgIpc) is 3.29. The highest BCUT2D eigenvalue weighted by Crippen LogP contribution is 2.29. The first-order chi connectivity index (χ1) is 39.6. The van der Waals surface area contributed by atoms with Crippen molar-refractivity contribution in [3.63, 3.8) is 0 Å². The fourth-order valence-electron chi connectivity index (χ4n) is 15.5. The summed E-state index contributed by atoms with van der Waals surface area (Å²) in [6.45, 7) is 0. The third-order valence-corrected chi connectivity index (χ3v) is 18.4. The SMILES string of the molecule is [B]B([B])B(B([B])[B])B(B(B([B])[B])B([B])[B])B(B(B(B([B])[B])B([B])[B])B(B([B])[B])B([B])[B])B(B(B(B([B])[B])B([B])[B][B-])B(B(B([B])[B])B([B])[B])B(B([B])[B])B([B])[B-])B(B(B(B([B])[B])B([B])[B])B(B([B])[B])B([B])[B])B(B(B([B])[B])B([B])[B])B(B([B])[B])B([B])[B]. The van der Waals surface area contributed by atoms with Crippen molar-refractivity contribution in [3.05, 3.63) is 0 Å². The fraction of sp³-hybridized carbons (Fsp3) is 0. The molecule has 0 atom stereocenters. The van der Waals surface area contributed by atoms with Crippen LogP contribution >= 0.6 is 0 Å². The van der Waals surface area contributed by atoms with E-state index in [2.05, 4.69) is 0 Å². The summed E-state index contributed by atoms with van der Waals surface area (Å²) < 4.78 is 0. The summed E-state index contributed by atoms with van der Waals surface area (Å²) in [6, 6.07) is 0. The van der Waals surface area contributed by atoms with Gasteiger partial charge in [0.25, 0.3) is 0 Å². The summed E-state index contributed by atoms with van der Waals surface area (Å²) in [5.74, 6) is 0. The molecule has 0 aliphatic carbocycles. The van der Waals surface area contributed by atoms with Gasteiger partial charge in [-0.25, -0.2) is 6.39 Å². The second kappa shape index (κ2) is 42.8. The molecule has 0 saturated heterocycles. The molecular weight excluding hydrogens is 941 g/mol. The van der Waals surface area contributed by atoms with Gasteiger partial charge in [0, 0.05) is 0 Å². The summed E-state index contributed by atoms with van der Waals surface area (Å²) in [6.07, 6.45) is -73.3. The number of hydrogen-bond donors (Lipinski definition) is 0. The van der Waals surface area contributed by atoms with Gasteiger partial charge in [0.15, 0.2) is 0 Å². The van der Waals surface area contributed by atoms with Crippen molar-refractivity contribution in [1.29, 1.82) is 0 Å². The lowest BCUT2D eigenvalue weighted by Crippen LogP contribution is -3.00. The highest BCUT2D eigenvalue weighted by Gasteiger charge is 2.66. The summed E-state index contributed by atoms with van der Waals surface area (Å²) in [5, 5.41) is 0. The van der Waals surface area contributed by atoms with Crippen LogP contribution in [0.3, 0.4) is 0 Å². The van der Waals surface area contributed by atoms with E-state index >= 15 is 0 Å². The van der Waals surface area contributed by atoms with Gasteiger partial charge in [0.05, 0.1) is 0 Å². The van der Waals surface area contributed by atoms with Crippen molar-refractivity contribution in [2.24, 2.45) is 0 Å². The first-order valence-corrected chi connectivity index (χ1v) is 28.7. The summed E-state index contributed by atoms with van der Waals surface area (Å²) in [7, 11) is 307. The highest BCUT2D eigenvalue weighted by atomic mass is 13.5. The minimum absolute atomic E-state index is 1.00. The first kappa shape index (κ1) is 92.6. The van der Waals surface area contributed by atoms with Gasteiger partial charge in [-0.3, -0.25) is 7.06 Å². The van der Waals surface area contributed by atoms with Crippen LogP contribution in [0.2, 0.25) is 0 Å². The monoisotopic (exact) mass is 958 g/mol. The second-order valence-electron chi connectivity index (χ2n) is 24.4. The number of hydrogen-bond acceptors (Lipinski definition) is 0. The van der Waals surface area contributed by atoms with Crippen LogP contribution in [0, 0.1) is 0 Å². The minimum atomic E-state index is -2.05. The fourth-order valence-corrected chi connectivity index (χ4v) is 15.5. The smallest absolute Gasteiger partial charge is 0.0000000000000000000447 e. The van der Waals surface area contributed by atoms with Crippen LogP contribution in [-0.2, 0) is 0 Å². The Morgan fingerprint density at radius 2 is 0.230 bits per heavy atom. The maximum Gasteiger partial charge on any atom is -0.0000000000000000000447 e. The van der Waals surface area contributed by atoms with Crippen LogP contribution < -0.4 is 0 Å². The van der Waals surface area contributed by atoms with Crippen LogP contribution in [0.1, 0.15) is 0 Å². The zero-order valence-corrected chi connectivity index (χ0v) is 50.2. The maximum absolute atomic E-state index is 7.32. The molecule has 87 heteroatoms. The Balaban J connectivity index is 13.4. The van der Waals surface area contributed by atoms with E-state index in [4.69, 9.17) is 340 Å². The standard InChI is InChI=1S/B87/c1-45-67(44)78(66(42)43)84(79(68(46(2)3)47(4)5)69(48(6)7)49(8)9)87(85(80(70(50(10)11)51(12)13)71(52(14)15)53(16)17)81(72(54(18)19)55(20)21)73(56(22)23)57(24)25)86(82(74(58(26)27)59(28)29)75(60(30)31)61(32)33)83(76(62(34)35)63(36)37)77(64(38)39)65(40)41/q-2. The van der Waals surface area contributed by atoms with E-state index in [-0.39, 0.29) is 0 Å². The third-order valence-electron chi connectivity index (χ3n) is 18.4. The van der Waals surface area contributed by atoms with Gasteiger partial charge in [-0.15, -0.1) is 0 Å². The van der Waals surface area contributed by atoms with Crippen molar-refractivity contribution in [3.8, 4) is 0 Å². The summed E-state index contributed by atoms with van der Waals surface area (Å²) in [5.41, 5.74) is 0. The molecule has 0 spiro atoms. The molecular formula is B87-2. The van der Waals surface area contributed by atoms with Crippen LogP contribution in [0.4, 0.5) is 0 Å². The van der Waals surface area contributed by atoms with Gasteiger partial charge in [-0.2, -0.15) is 0 Å². The molecule has 87 heavy (non-hydrogen) atoms. The average molecular weight is 941 g/mol. The maximum atomic E-state index is 7.32. The zero-order chi connectivity index (χ0) is 69.0. The van der Waals surface area contributed by atoms with Gasteiger partial charge in [-0.05, 0) is 587 Å². The van der Waals surface area contributed by atoms with Crippen LogP contribution in [0.15, 0.2) is 0 Å². The van der Waals surface area contributed by atoms with Crippen molar-refractivity contribution in [2.75, 3.05) is 0 Å². The molecule has 0 aliphatic heterocycles. The normalized spacial score (nSPS) is 9.82. The van der Waals surface area contributed by atoms with E-state index in [1.54, 1.807) is 0 Å². The Morgan fingerprint density at radius 3 is 0.322 bits per heavy atom. The van der Waals surface area contributed by atoms with E-state index in [1.807, 2.05) is 0 Å². The molecule has 0 rings (SSSR count). The number of rotatable bonds is 42. The van der Waals surface area contributed by atoms with E-state index in [1.165, 1.54) is 0 Å². The lowest BCUT2D eigenvalue weighted by atomic mass is 8.19. The van der Waals surface area contributed by atoms with E-state index < -0.39 is 268 Å². The molecule has 0 bridgehead atoms. The molecule has 0 fully saturated rings. The predicted octanol–water partition coefficient (Wildman–Crippen LogP) is -33.1. The first-order valence-electron chi connectivity index (χ1n) is 28.7. The van der Waals surface area contributed by atoms with Gasteiger partial charge in [0.1, 0.15) is 0 Å². The van der Waals surface area contributed by atoms with Gasteiger partial charge < -0.3 is 15.5 Å². The van der Waals surface area contributed by atoms with Crippen LogP contribution in [0.5, 0.6) is 0 Å². The molecule has 0 aromatic carbocycles. The van der Waals surface area contributed by atoms with E-state index in [0.717, 1.165) is 7.06 Å². The molecule has 263 valence electrons. The van der Waals surface area contributed by atoms with Crippen molar-refractivity contribution in [1.82, 2.24) is 0 Å². The summed E-state index contributed by atoms with van der Waals surface area (Å²) >= 11 is 0. The largest absolute Gasteiger partial charge is 0.690 e. The molecule has 0 aliphatic rings. The molecule has 0 heterocycles. The second-order valence-corrected chi connectivity index (χ2v) is 24.4. The molecule has 0 nitrogen and oxygen atoms in total. The quantitative estimate of drug-likeness (QED) is 0.0535. The van der Waals surface area contributed by atoms with Crippen LogP contribution in [-0.4, -0.2) is 616 Å². The van der Waals surface area contributed by atoms with Gasteiger partial charge in [0.2, 0.25) is 0 Å². The van der Waals surface area contributed by atoms with Gasteiger partial charge >= 0.3 is 0 Å². The highest BCUT2D eigenvalue weighted by molar-refractivity contribution is 8.42. The topological polar surface area (TPSA) is 0 Å². The van der Waals surface area contributed by atoms with Gasteiger partial charge in [-0.1, -0.05) is 0 Å². The molecule has 0 N–H and O–H groups in total. The summed E-state index contributed by atoms with van der Waals surface area (Å²) in [4.78, 5) is 0. The molecule has 0 aromatic heterocycles. The van der Waals surface area contributed by atoms with Crippen molar-refractivity contribution >= 4 is 616 Å². The molecule has 0 amide bonds. The predicted molar refractivity (Wildman–Crippen MR) is 501 cm³/mol. The Hall–Kier alpha value is 5.65. The lowest BCUT2D eigenvalue weighted by molar-refractivity contribution is 3.13. The molecule has 0 aromatic rings.